The molecule has 0 saturated heterocycles. The summed E-state index contributed by atoms with van der Waals surface area (Å²) in [6.45, 7) is 5.81. The number of carbonyl (C=O) groups is 1. The number of rotatable bonds is 7. The minimum absolute atomic E-state index is 0. The quantitative estimate of drug-likeness (QED) is 0.396. The molecule has 0 saturated carbocycles. The molecule has 0 bridgehead atoms. The normalized spacial score (nSPS) is 9.68. The van der Waals surface area contributed by atoms with E-state index in [4.69, 9.17) is 0 Å². The van der Waals surface area contributed by atoms with Crippen LogP contribution in [0.5, 0.6) is 0 Å². The van der Waals surface area contributed by atoms with E-state index in [9.17, 15) is 4.79 Å². The number of halogens is 1. The molecule has 0 heterocycles. The number of likely N-dealkylation sites (N-methyl/N-ethyl adjacent to an activating group) is 1. The van der Waals surface area contributed by atoms with Gasteiger partial charge < -0.3 is 12.3 Å². The molecule has 0 N–H and O–H groups in total. The second-order valence-electron chi connectivity index (χ2n) is 5.53. The van der Waals surface area contributed by atoms with Crippen molar-refractivity contribution < 1.29 is 23.0 Å². The van der Waals surface area contributed by atoms with E-state index in [-0.39, 0.29) is 19.3 Å². The molecule has 2 nitrogen and oxygen atoms in total. The summed E-state index contributed by atoms with van der Waals surface area (Å²) in [7, 11) is 4.49. The predicted molar refractivity (Wildman–Crippen MR) is 104 cm³/mol. The fourth-order valence-electron chi connectivity index (χ4n) is 2.72. The summed E-state index contributed by atoms with van der Waals surface area (Å²) in [5.74, 6) is -0.00689. The number of amides is 1. The third-order valence-electron chi connectivity index (χ3n) is 3.99. The SMILES string of the molecule is CCCCN(CC)C(=O)C(c1ccccc1)c1ccccc1.[CH3-].[Cl][Pd+]. The molecule has 0 atom stereocenters. The topological polar surface area (TPSA) is 20.3 Å². The molecule has 140 valence electrons. The predicted octanol–water partition coefficient (Wildman–Crippen LogP) is 5.60. The fraction of sp³-hybridized carbons (Fsp3) is 0.333. The molecule has 25 heavy (non-hydrogen) atoms. The van der Waals surface area contributed by atoms with Gasteiger partial charge in [-0.3, -0.25) is 4.79 Å². The van der Waals surface area contributed by atoms with Crippen LogP contribution < -0.4 is 0 Å². The first-order chi connectivity index (χ1) is 11.8. The van der Waals surface area contributed by atoms with Crippen molar-refractivity contribution in [2.75, 3.05) is 13.1 Å². The second-order valence-corrected chi connectivity index (χ2v) is 5.53. The number of unbranched alkanes of at least 4 members (excludes halogenated alkanes) is 1. The second kappa shape index (κ2) is 14.1. The molecule has 0 aliphatic heterocycles. The van der Waals surface area contributed by atoms with Crippen LogP contribution in [-0.2, 0) is 23.0 Å². The Morgan fingerprint density at radius 3 is 1.76 bits per heavy atom. The van der Waals surface area contributed by atoms with Crippen molar-refractivity contribution in [3.8, 4) is 0 Å². The average molecular weight is 452 g/mol. The first-order valence-electron chi connectivity index (χ1n) is 8.28. The molecule has 1 amide bonds. The molecule has 0 aliphatic carbocycles. The van der Waals surface area contributed by atoms with E-state index < -0.39 is 0 Å². The number of nitrogens with zero attached hydrogens (tertiary/aromatic N) is 1. The summed E-state index contributed by atoms with van der Waals surface area (Å²) in [5.41, 5.74) is 2.13. The number of hydrogen-bond donors (Lipinski definition) is 0. The van der Waals surface area contributed by atoms with E-state index in [2.05, 4.69) is 41.6 Å². The van der Waals surface area contributed by atoms with Gasteiger partial charge in [-0.05, 0) is 24.5 Å². The molecule has 2 aromatic rings. The van der Waals surface area contributed by atoms with Crippen LogP contribution in [-0.4, -0.2) is 23.9 Å². The molecule has 4 heteroatoms. The van der Waals surface area contributed by atoms with Crippen LogP contribution in [0.15, 0.2) is 60.7 Å². The third-order valence-corrected chi connectivity index (χ3v) is 3.99. The molecule has 0 aliphatic rings. The zero-order chi connectivity index (χ0) is 17.8. The van der Waals surface area contributed by atoms with E-state index in [0.717, 1.165) is 37.1 Å². The zero-order valence-electron chi connectivity index (χ0n) is 15.2. The van der Waals surface area contributed by atoms with Crippen LogP contribution in [0.4, 0.5) is 0 Å². The van der Waals surface area contributed by atoms with E-state index in [1.54, 1.807) is 0 Å². The van der Waals surface area contributed by atoms with Gasteiger partial charge in [0.2, 0.25) is 5.91 Å². The summed E-state index contributed by atoms with van der Waals surface area (Å²) in [5, 5.41) is 0. The first-order valence-corrected chi connectivity index (χ1v) is 10.3. The van der Waals surface area contributed by atoms with E-state index >= 15 is 0 Å². The summed E-state index contributed by atoms with van der Waals surface area (Å²) >= 11 is 2.22. The van der Waals surface area contributed by atoms with Crippen molar-refractivity contribution in [3.63, 3.8) is 0 Å². The summed E-state index contributed by atoms with van der Waals surface area (Å²) in [6, 6.07) is 20.2. The molecule has 0 unspecified atom stereocenters. The van der Waals surface area contributed by atoms with Gasteiger partial charge in [-0.15, -0.1) is 0 Å². The number of hydrogen-bond acceptors (Lipinski definition) is 1. The maximum atomic E-state index is 13.1. The first kappa shape index (κ1) is 23.9. The minimum atomic E-state index is -0.209. The van der Waals surface area contributed by atoms with Gasteiger partial charge in [0.15, 0.2) is 0 Å². The van der Waals surface area contributed by atoms with Crippen LogP contribution >= 0.6 is 9.53 Å². The van der Waals surface area contributed by atoms with Gasteiger partial charge in [-0.1, -0.05) is 74.0 Å². The van der Waals surface area contributed by atoms with Gasteiger partial charge in [-0.25, -0.2) is 0 Å². The van der Waals surface area contributed by atoms with Crippen LogP contribution in [0.3, 0.4) is 0 Å². The molecule has 2 aromatic carbocycles. The van der Waals surface area contributed by atoms with Crippen LogP contribution in [0.2, 0.25) is 0 Å². The van der Waals surface area contributed by atoms with Crippen molar-refractivity contribution in [3.05, 3.63) is 79.2 Å². The molecule has 0 fully saturated rings. The summed E-state index contributed by atoms with van der Waals surface area (Å²) in [4.78, 5) is 15.1. The van der Waals surface area contributed by atoms with Crippen LogP contribution in [0, 0.1) is 7.43 Å². The summed E-state index contributed by atoms with van der Waals surface area (Å²) in [6.07, 6.45) is 2.15. The van der Waals surface area contributed by atoms with E-state index in [0.29, 0.717) is 0 Å². The Hall–Kier alpha value is -1.14. The molecular formula is C21H28ClNOPd. The zero-order valence-corrected chi connectivity index (χ0v) is 17.5. The Bertz CT molecular complexity index is 537. The third kappa shape index (κ3) is 7.32. The van der Waals surface area contributed by atoms with Gasteiger partial charge in [0, 0.05) is 13.1 Å². The van der Waals surface area contributed by atoms with E-state index in [1.165, 1.54) is 0 Å². The van der Waals surface area contributed by atoms with Gasteiger partial charge in [0.05, 0.1) is 5.92 Å². The Kier molecular flexibility index (Phi) is 13.4. The Labute approximate surface area is 168 Å². The van der Waals surface area contributed by atoms with Crippen molar-refractivity contribution in [1.29, 1.82) is 0 Å². The Balaban J connectivity index is 0.00000185. The summed E-state index contributed by atoms with van der Waals surface area (Å²) < 4.78 is 0. The Morgan fingerprint density at radius 1 is 0.960 bits per heavy atom. The average Bonchev–Trinajstić information content (AvgIpc) is 2.66. The molecule has 0 aromatic heterocycles. The standard InChI is InChI=1S/C20H25NO.CH3.ClH.Pd/c1-3-5-16-21(4-2)20(22)19(17-12-8-6-9-13-17)18-14-10-7-11-15-18;;;/h6-15,19H,3-5,16H2,1-2H3;1H3;1H;/q;-1;;+2/p-1. The maximum absolute atomic E-state index is 13.1. The van der Waals surface area contributed by atoms with Crippen molar-refractivity contribution in [2.45, 2.75) is 32.6 Å². The molecule has 0 spiro atoms. The van der Waals surface area contributed by atoms with Gasteiger partial charge in [0.25, 0.3) is 0 Å². The van der Waals surface area contributed by atoms with E-state index in [1.807, 2.05) is 65.6 Å². The van der Waals surface area contributed by atoms with Gasteiger partial charge in [-0.2, -0.15) is 0 Å². The van der Waals surface area contributed by atoms with Crippen LogP contribution in [0.1, 0.15) is 43.7 Å². The fourth-order valence-corrected chi connectivity index (χ4v) is 2.72. The number of carbonyl (C=O) groups excluding carboxylic acids is 1. The Morgan fingerprint density at radius 2 is 1.40 bits per heavy atom. The molecule has 2 rings (SSSR count). The van der Waals surface area contributed by atoms with Gasteiger partial charge >= 0.3 is 27.7 Å². The number of benzene rings is 2. The molecular weight excluding hydrogens is 424 g/mol. The van der Waals surface area contributed by atoms with Crippen molar-refractivity contribution in [2.24, 2.45) is 0 Å². The van der Waals surface area contributed by atoms with Crippen molar-refractivity contribution >= 4 is 15.4 Å². The monoisotopic (exact) mass is 451 g/mol. The van der Waals surface area contributed by atoms with Gasteiger partial charge in [0.1, 0.15) is 0 Å². The van der Waals surface area contributed by atoms with Crippen molar-refractivity contribution in [1.82, 2.24) is 4.90 Å². The van der Waals surface area contributed by atoms with Crippen LogP contribution in [0.25, 0.3) is 0 Å². The molecule has 0 radical (unpaired) electrons.